The topological polar surface area (TPSA) is 96.5 Å². The second kappa shape index (κ2) is 10.7. The van der Waals surface area contributed by atoms with Crippen LogP contribution < -0.4 is 20.1 Å². The molecule has 0 aliphatic heterocycles. The van der Waals surface area contributed by atoms with E-state index in [0.29, 0.717) is 23.6 Å². The van der Waals surface area contributed by atoms with E-state index in [9.17, 15) is 13.2 Å². The van der Waals surface area contributed by atoms with Gasteiger partial charge in [-0.1, -0.05) is 31.4 Å². The molecule has 0 saturated heterocycles. The minimum atomic E-state index is -3.56. The predicted octanol–water partition coefficient (Wildman–Crippen LogP) is 3.82. The number of hydrogen-bond donors (Lipinski definition) is 3. The van der Waals surface area contributed by atoms with E-state index in [-0.39, 0.29) is 16.0 Å². The SMILES string of the molecule is CCOc1ccccc1C(=O)NC(=S)Nc1ccc(S(=O)(=O)NC2CCCCC2)cc1. The van der Waals surface area contributed by atoms with Gasteiger partial charge >= 0.3 is 0 Å². The fourth-order valence-electron chi connectivity index (χ4n) is 3.49. The van der Waals surface area contributed by atoms with Crippen LogP contribution in [0, 0.1) is 0 Å². The molecule has 0 bridgehead atoms. The molecule has 7 nitrogen and oxygen atoms in total. The number of carbonyl (C=O) groups is 1. The van der Waals surface area contributed by atoms with Crippen LogP contribution in [0.1, 0.15) is 49.4 Å². The van der Waals surface area contributed by atoms with Crippen LogP contribution in [0.5, 0.6) is 5.75 Å². The highest BCUT2D eigenvalue weighted by atomic mass is 32.2. The Balaban J connectivity index is 1.59. The molecule has 1 aliphatic carbocycles. The van der Waals surface area contributed by atoms with Gasteiger partial charge in [0, 0.05) is 11.7 Å². The molecule has 1 amide bonds. The average Bonchev–Trinajstić information content (AvgIpc) is 2.75. The maximum Gasteiger partial charge on any atom is 0.261 e. The zero-order chi connectivity index (χ0) is 22.3. The Morgan fingerprint density at radius 2 is 1.74 bits per heavy atom. The molecular weight excluding hydrogens is 434 g/mol. The number of rotatable bonds is 7. The minimum Gasteiger partial charge on any atom is -0.493 e. The number of sulfonamides is 1. The highest BCUT2D eigenvalue weighted by Crippen LogP contribution is 2.21. The Bertz CT molecular complexity index is 1020. The van der Waals surface area contributed by atoms with Gasteiger partial charge in [0.1, 0.15) is 5.75 Å². The maximum atomic E-state index is 12.6. The number of nitrogens with one attached hydrogen (secondary N) is 3. The van der Waals surface area contributed by atoms with Gasteiger partial charge < -0.3 is 10.1 Å². The lowest BCUT2D eigenvalue weighted by Crippen LogP contribution is -2.36. The lowest BCUT2D eigenvalue weighted by atomic mass is 9.96. The van der Waals surface area contributed by atoms with Gasteiger partial charge in [0.2, 0.25) is 10.0 Å². The molecule has 3 N–H and O–H groups in total. The van der Waals surface area contributed by atoms with E-state index in [0.717, 1.165) is 32.1 Å². The Morgan fingerprint density at radius 1 is 1.06 bits per heavy atom. The van der Waals surface area contributed by atoms with Crippen LogP contribution in [0.2, 0.25) is 0 Å². The van der Waals surface area contributed by atoms with Crippen LogP contribution in [0.25, 0.3) is 0 Å². The van der Waals surface area contributed by atoms with Crippen LogP contribution in [0.4, 0.5) is 5.69 Å². The molecular formula is C22H27N3O4S2. The number of amides is 1. The van der Waals surface area contributed by atoms with Crippen molar-refractivity contribution in [2.75, 3.05) is 11.9 Å². The Kier molecular flexibility index (Phi) is 8.00. The quantitative estimate of drug-likeness (QED) is 0.543. The highest BCUT2D eigenvalue weighted by molar-refractivity contribution is 7.89. The average molecular weight is 462 g/mol. The van der Waals surface area contributed by atoms with Crippen LogP contribution in [0.3, 0.4) is 0 Å². The van der Waals surface area contributed by atoms with Gasteiger partial charge in [0.25, 0.3) is 5.91 Å². The standard InChI is InChI=1S/C22H27N3O4S2/c1-2-29-20-11-7-6-10-19(20)21(26)24-22(30)23-16-12-14-18(15-13-16)31(27,28)25-17-8-4-3-5-9-17/h6-7,10-15,17,25H,2-5,8-9H2,1H3,(H2,23,24,26,30). The first-order chi connectivity index (χ1) is 14.9. The van der Waals surface area contributed by atoms with Crippen molar-refractivity contribution in [1.82, 2.24) is 10.0 Å². The summed E-state index contributed by atoms with van der Waals surface area (Å²) in [5, 5.41) is 5.61. The number of para-hydroxylation sites is 1. The molecule has 3 rings (SSSR count). The predicted molar refractivity (Wildman–Crippen MR) is 125 cm³/mol. The van der Waals surface area contributed by atoms with Crippen molar-refractivity contribution in [1.29, 1.82) is 0 Å². The van der Waals surface area contributed by atoms with Gasteiger partial charge in [-0.15, -0.1) is 0 Å². The van der Waals surface area contributed by atoms with Crippen LogP contribution in [0.15, 0.2) is 53.4 Å². The van der Waals surface area contributed by atoms with Gasteiger partial charge in [-0.3, -0.25) is 10.1 Å². The summed E-state index contributed by atoms with van der Waals surface area (Å²) in [6, 6.07) is 13.2. The second-order valence-electron chi connectivity index (χ2n) is 7.32. The third-order valence-corrected chi connectivity index (χ3v) is 6.75. The first kappa shape index (κ1) is 23.2. The normalized spacial score (nSPS) is 14.6. The van der Waals surface area contributed by atoms with E-state index in [4.69, 9.17) is 17.0 Å². The lowest BCUT2D eigenvalue weighted by Gasteiger charge is -2.22. The zero-order valence-corrected chi connectivity index (χ0v) is 19.0. The van der Waals surface area contributed by atoms with Crippen molar-refractivity contribution < 1.29 is 17.9 Å². The maximum absolute atomic E-state index is 12.6. The van der Waals surface area contributed by atoms with Gasteiger partial charge in [-0.2, -0.15) is 0 Å². The zero-order valence-electron chi connectivity index (χ0n) is 17.4. The van der Waals surface area contributed by atoms with Crippen LogP contribution in [-0.2, 0) is 10.0 Å². The van der Waals surface area contributed by atoms with Crippen molar-refractivity contribution in [2.24, 2.45) is 0 Å². The first-order valence-corrected chi connectivity index (χ1v) is 12.2. The van der Waals surface area contributed by atoms with E-state index in [1.807, 2.05) is 6.92 Å². The van der Waals surface area contributed by atoms with Crippen molar-refractivity contribution in [2.45, 2.75) is 50.0 Å². The summed E-state index contributed by atoms with van der Waals surface area (Å²) in [5.41, 5.74) is 0.948. The number of carbonyl (C=O) groups excluding carboxylic acids is 1. The smallest absolute Gasteiger partial charge is 0.261 e. The summed E-state index contributed by atoms with van der Waals surface area (Å²) in [5.74, 6) is 0.0859. The summed E-state index contributed by atoms with van der Waals surface area (Å²) in [6.07, 6.45) is 5.01. The fraction of sp³-hybridized carbons (Fsp3) is 0.364. The van der Waals surface area contributed by atoms with E-state index < -0.39 is 15.9 Å². The number of thiocarbonyl (C=S) groups is 1. The molecule has 2 aromatic carbocycles. The molecule has 0 atom stereocenters. The third-order valence-electron chi connectivity index (χ3n) is 5.01. The minimum absolute atomic E-state index is 0.00101. The van der Waals surface area contributed by atoms with Crippen LogP contribution >= 0.6 is 12.2 Å². The molecule has 1 aliphatic rings. The Labute approximate surface area is 188 Å². The monoisotopic (exact) mass is 461 g/mol. The number of benzene rings is 2. The lowest BCUT2D eigenvalue weighted by molar-refractivity contribution is 0.0974. The second-order valence-corrected chi connectivity index (χ2v) is 9.44. The Morgan fingerprint density at radius 3 is 2.42 bits per heavy atom. The van der Waals surface area contributed by atoms with Crippen LogP contribution in [-0.4, -0.2) is 32.1 Å². The third kappa shape index (κ3) is 6.49. The molecule has 31 heavy (non-hydrogen) atoms. The summed E-state index contributed by atoms with van der Waals surface area (Å²) < 4.78 is 33.4. The molecule has 0 spiro atoms. The summed E-state index contributed by atoms with van der Waals surface area (Å²) >= 11 is 5.22. The van der Waals surface area contributed by atoms with Crippen molar-refractivity contribution in [3.63, 3.8) is 0 Å². The number of anilines is 1. The molecule has 9 heteroatoms. The Hall–Kier alpha value is -2.49. The fourth-order valence-corrected chi connectivity index (χ4v) is 5.01. The molecule has 2 aromatic rings. The van der Waals surface area contributed by atoms with Gasteiger partial charge in [-0.25, -0.2) is 13.1 Å². The van der Waals surface area contributed by atoms with Gasteiger partial charge in [0.05, 0.1) is 17.1 Å². The molecule has 0 radical (unpaired) electrons. The number of ether oxygens (including phenoxy) is 1. The van der Waals surface area contributed by atoms with E-state index in [1.165, 1.54) is 12.1 Å². The van der Waals surface area contributed by atoms with Gasteiger partial charge in [-0.05, 0) is 68.4 Å². The van der Waals surface area contributed by atoms with Crippen molar-refractivity contribution in [3.8, 4) is 5.75 Å². The molecule has 1 saturated carbocycles. The first-order valence-electron chi connectivity index (χ1n) is 10.4. The molecule has 0 unspecified atom stereocenters. The number of hydrogen-bond acceptors (Lipinski definition) is 5. The van der Waals surface area contributed by atoms with Crippen molar-refractivity contribution >= 4 is 38.9 Å². The molecule has 0 heterocycles. The molecule has 0 aromatic heterocycles. The molecule has 166 valence electrons. The highest BCUT2D eigenvalue weighted by Gasteiger charge is 2.21. The summed E-state index contributed by atoms with van der Waals surface area (Å²) in [6.45, 7) is 2.28. The summed E-state index contributed by atoms with van der Waals surface area (Å²) in [7, 11) is -3.56. The van der Waals surface area contributed by atoms with Crippen molar-refractivity contribution in [3.05, 3.63) is 54.1 Å². The summed E-state index contributed by atoms with van der Waals surface area (Å²) in [4.78, 5) is 12.7. The largest absolute Gasteiger partial charge is 0.493 e. The van der Waals surface area contributed by atoms with E-state index in [2.05, 4.69) is 15.4 Å². The van der Waals surface area contributed by atoms with E-state index >= 15 is 0 Å². The van der Waals surface area contributed by atoms with E-state index in [1.54, 1.807) is 36.4 Å². The van der Waals surface area contributed by atoms with Gasteiger partial charge in [0.15, 0.2) is 5.11 Å². The molecule has 1 fully saturated rings.